The molecule has 1 N–H and O–H groups in total. The second-order valence-corrected chi connectivity index (χ2v) is 9.13. The summed E-state index contributed by atoms with van der Waals surface area (Å²) in [6, 6.07) is 10.9. The molecule has 2 heterocycles. The van der Waals surface area contributed by atoms with Crippen molar-refractivity contribution in [2.75, 3.05) is 63.7 Å². The molecule has 0 unspecified atom stereocenters. The first-order valence-corrected chi connectivity index (χ1v) is 12.0. The van der Waals surface area contributed by atoms with Gasteiger partial charge >= 0.3 is 0 Å². The molecule has 166 valence electrons. The Bertz CT molecular complexity index is 1030. The number of aryl methyl sites for hydroxylation is 1. The average Bonchev–Trinajstić information content (AvgIpc) is 3.28. The van der Waals surface area contributed by atoms with Gasteiger partial charge in [-0.2, -0.15) is 0 Å². The number of nitrogens with zero attached hydrogens (tertiary/aromatic N) is 2. The van der Waals surface area contributed by atoms with Gasteiger partial charge in [0.05, 0.1) is 19.4 Å². The molecule has 31 heavy (non-hydrogen) atoms. The predicted molar refractivity (Wildman–Crippen MR) is 133 cm³/mol. The Kier molecular flexibility index (Phi) is 7.10. The zero-order chi connectivity index (χ0) is 21.8. The second-order valence-electron chi connectivity index (χ2n) is 7.81. The number of halogens is 1. The molecule has 0 amide bonds. The molecule has 0 aliphatic carbocycles. The van der Waals surface area contributed by atoms with Gasteiger partial charge < -0.3 is 19.7 Å². The zero-order valence-electron chi connectivity index (χ0n) is 18.4. The molecular weight excluding hydrogens is 430 g/mol. The summed E-state index contributed by atoms with van der Waals surface area (Å²) in [7, 11) is 3.48. The van der Waals surface area contributed by atoms with E-state index in [0.717, 1.165) is 56.1 Å². The summed E-state index contributed by atoms with van der Waals surface area (Å²) in [6.45, 7) is 7.95. The van der Waals surface area contributed by atoms with Crippen LogP contribution in [0.5, 0.6) is 11.5 Å². The van der Waals surface area contributed by atoms with Gasteiger partial charge in [0.1, 0.15) is 5.02 Å². The van der Waals surface area contributed by atoms with Crippen molar-refractivity contribution < 1.29 is 9.47 Å². The largest absolute Gasteiger partial charge is 0.491 e. The fraction of sp³-hybridized carbons (Fsp3) is 0.417. The normalized spacial score (nSPS) is 14.8. The summed E-state index contributed by atoms with van der Waals surface area (Å²) >= 11 is 8.25. The average molecular weight is 460 g/mol. The maximum atomic E-state index is 6.43. The standard InChI is InChI=1S/C24H30ClN3O2S/c1-17-16-19(26-2)22(25)24(29-3)23(17)30-14-5-9-27-10-12-28(13-11-27)20-6-4-7-21-18(20)8-15-31-21/h4,6-8,15-16,26H,5,9-14H2,1-3H3. The van der Waals surface area contributed by atoms with Crippen molar-refractivity contribution in [3.8, 4) is 11.5 Å². The van der Waals surface area contributed by atoms with Crippen molar-refractivity contribution in [1.29, 1.82) is 0 Å². The third-order valence-electron chi connectivity index (χ3n) is 5.89. The lowest BCUT2D eigenvalue weighted by Gasteiger charge is -2.36. The molecule has 5 nitrogen and oxygen atoms in total. The molecule has 0 bridgehead atoms. The molecule has 0 atom stereocenters. The number of hydrogen-bond donors (Lipinski definition) is 1. The molecule has 0 spiro atoms. The molecular formula is C24H30ClN3O2S. The van der Waals surface area contributed by atoms with E-state index in [1.807, 2.05) is 31.4 Å². The minimum absolute atomic E-state index is 0.558. The Balaban J connectivity index is 1.28. The minimum atomic E-state index is 0.558. The lowest BCUT2D eigenvalue weighted by Crippen LogP contribution is -2.46. The number of anilines is 2. The molecule has 1 fully saturated rings. The van der Waals surface area contributed by atoms with E-state index < -0.39 is 0 Å². The Morgan fingerprint density at radius 3 is 2.68 bits per heavy atom. The molecule has 1 aliphatic rings. The fourth-order valence-corrected chi connectivity index (χ4v) is 5.34. The van der Waals surface area contributed by atoms with Gasteiger partial charge in [-0.05, 0) is 48.6 Å². The molecule has 1 saturated heterocycles. The summed E-state index contributed by atoms with van der Waals surface area (Å²) in [5.74, 6) is 1.34. The number of fused-ring (bicyclic) bond motifs is 1. The quantitative estimate of drug-likeness (QED) is 0.450. The fourth-order valence-electron chi connectivity index (χ4n) is 4.22. The minimum Gasteiger partial charge on any atom is -0.491 e. The van der Waals surface area contributed by atoms with E-state index in [9.17, 15) is 0 Å². The monoisotopic (exact) mass is 459 g/mol. The van der Waals surface area contributed by atoms with Crippen molar-refractivity contribution in [2.45, 2.75) is 13.3 Å². The van der Waals surface area contributed by atoms with Crippen LogP contribution in [0.15, 0.2) is 35.7 Å². The summed E-state index contributed by atoms with van der Waals surface area (Å²) in [6.07, 6.45) is 0.966. The maximum absolute atomic E-state index is 6.43. The molecule has 7 heteroatoms. The third-order valence-corrected chi connectivity index (χ3v) is 7.14. The number of hydrogen-bond acceptors (Lipinski definition) is 6. The lowest BCUT2D eigenvalue weighted by atomic mass is 10.1. The van der Waals surface area contributed by atoms with Crippen LogP contribution in [0.25, 0.3) is 10.1 Å². The highest BCUT2D eigenvalue weighted by molar-refractivity contribution is 7.17. The smallest absolute Gasteiger partial charge is 0.181 e. The second kappa shape index (κ2) is 9.98. The van der Waals surface area contributed by atoms with Gasteiger partial charge in [-0.15, -0.1) is 11.3 Å². The number of nitrogens with one attached hydrogen (secondary N) is 1. The highest BCUT2D eigenvalue weighted by Crippen LogP contribution is 2.42. The molecule has 0 saturated carbocycles. The van der Waals surface area contributed by atoms with Gasteiger partial charge in [-0.25, -0.2) is 0 Å². The van der Waals surface area contributed by atoms with Crippen molar-refractivity contribution in [2.24, 2.45) is 0 Å². The first-order valence-electron chi connectivity index (χ1n) is 10.7. The first-order chi connectivity index (χ1) is 15.1. The van der Waals surface area contributed by atoms with E-state index in [1.165, 1.54) is 15.8 Å². The third kappa shape index (κ3) is 4.71. The van der Waals surface area contributed by atoms with E-state index in [0.29, 0.717) is 17.4 Å². The molecule has 2 aromatic carbocycles. The number of piperazine rings is 1. The van der Waals surface area contributed by atoms with Gasteiger partial charge in [0.2, 0.25) is 0 Å². The maximum Gasteiger partial charge on any atom is 0.181 e. The van der Waals surface area contributed by atoms with Crippen LogP contribution in [-0.4, -0.2) is 58.4 Å². The Morgan fingerprint density at radius 1 is 1.13 bits per heavy atom. The highest BCUT2D eigenvalue weighted by atomic mass is 35.5. The van der Waals surface area contributed by atoms with Crippen LogP contribution in [0.3, 0.4) is 0 Å². The molecule has 1 aliphatic heterocycles. The Hall–Kier alpha value is -2.15. The SMILES string of the molecule is CNc1cc(C)c(OCCCN2CCN(c3cccc4sccc34)CC2)c(OC)c1Cl. The number of rotatable bonds is 8. The summed E-state index contributed by atoms with van der Waals surface area (Å²) in [5.41, 5.74) is 3.23. The van der Waals surface area contributed by atoms with Gasteiger partial charge in [-0.3, -0.25) is 4.90 Å². The zero-order valence-corrected chi connectivity index (χ0v) is 20.0. The van der Waals surface area contributed by atoms with Crippen LogP contribution in [0.4, 0.5) is 11.4 Å². The lowest BCUT2D eigenvalue weighted by molar-refractivity contribution is 0.221. The number of thiophene rings is 1. The van der Waals surface area contributed by atoms with Gasteiger partial charge in [-0.1, -0.05) is 17.7 Å². The Labute approximate surface area is 193 Å². The first kappa shape index (κ1) is 22.1. The number of methoxy groups -OCH3 is 1. The van der Waals surface area contributed by atoms with Crippen molar-refractivity contribution >= 4 is 44.4 Å². The molecule has 4 rings (SSSR count). The Morgan fingerprint density at radius 2 is 1.94 bits per heavy atom. The summed E-state index contributed by atoms with van der Waals surface area (Å²) in [4.78, 5) is 5.04. The van der Waals surface area contributed by atoms with Crippen molar-refractivity contribution in [3.05, 3.63) is 46.3 Å². The highest BCUT2D eigenvalue weighted by Gasteiger charge is 2.20. The van der Waals surface area contributed by atoms with Crippen LogP contribution in [0.1, 0.15) is 12.0 Å². The summed E-state index contributed by atoms with van der Waals surface area (Å²) < 4.78 is 13.0. The topological polar surface area (TPSA) is 37.0 Å². The van der Waals surface area contributed by atoms with Crippen molar-refractivity contribution in [3.63, 3.8) is 0 Å². The van der Waals surface area contributed by atoms with Crippen LogP contribution < -0.4 is 19.7 Å². The molecule has 0 radical (unpaired) electrons. The van der Waals surface area contributed by atoms with Crippen LogP contribution in [0.2, 0.25) is 5.02 Å². The molecule has 3 aromatic rings. The van der Waals surface area contributed by atoms with E-state index in [4.69, 9.17) is 21.1 Å². The van der Waals surface area contributed by atoms with Crippen LogP contribution in [-0.2, 0) is 0 Å². The predicted octanol–water partition coefficient (Wildman–Crippen LogP) is 5.50. The molecule has 1 aromatic heterocycles. The van der Waals surface area contributed by atoms with E-state index in [-0.39, 0.29) is 0 Å². The van der Waals surface area contributed by atoms with Crippen molar-refractivity contribution in [1.82, 2.24) is 4.90 Å². The van der Waals surface area contributed by atoms with E-state index in [1.54, 1.807) is 7.11 Å². The van der Waals surface area contributed by atoms with Gasteiger partial charge in [0, 0.05) is 55.5 Å². The van der Waals surface area contributed by atoms with Gasteiger partial charge in [0.25, 0.3) is 0 Å². The number of ether oxygens (including phenoxy) is 2. The van der Waals surface area contributed by atoms with E-state index in [2.05, 4.69) is 44.8 Å². The summed E-state index contributed by atoms with van der Waals surface area (Å²) in [5, 5.41) is 7.21. The number of benzene rings is 2. The van der Waals surface area contributed by atoms with E-state index >= 15 is 0 Å². The van der Waals surface area contributed by atoms with Crippen LogP contribution in [0, 0.1) is 6.92 Å². The van der Waals surface area contributed by atoms with Crippen LogP contribution >= 0.6 is 22.9 Å². The van der Waals surface area contributed by atoms with Gasteiger partial charge in [0.15, 0.2) is 11.5 Å².